The summed E-state index contributed by atoms with van der Waals surface area (Å²) in [5.74, 6) is 1.93. The van der Waals surface area contributed by atoms with E-state index in [1.807, 2.05) is 57.2 Å². The Balaban J connectivity index is 1.71. The van der Waals surface area contributed by atoms with Crippen LogP contribution in [0.25, 0.3) is 0 Å². The Morgan fingerprint density at radius 1 is 1.12 bits per heavy atom. The molecule has 2 aromatic carbocycles. The molecule has 2 aromatic rings. The summed E-state index contributed by atoms with van der Waals surface area (Å²) in [6, 6.07) is 11.8. The number of carbonyl (C=O) groups excluding carboxylic acids is 1. The first-order valence-corrected chi connectivity index (χ1v) is 9.33. The maximum absolute atomic E-state index is 12.0. The van der Waals surface area contributed by atoms with Crippen LogP contribution in [0, 0.1) is 20.8 Å². The standard InChI is InChI=1S/C19H22ClNO2S/c1-13-4-6-16(7-5-13)23-8-9-24-12-18(22)21-19-15(3)10-14(2)11-17(19)20/h4-7,10-11H,8-9,12H2,1-3H3,(H,21,22). The maximum Gasteiger partial charge on any atom is 0.234 e. The van der Waals surface area contributed by atoms with E-state index in [-0.39, 0.29) is 5.91 Å². The highest BCUT2D eigenvalue weighted by Crippen LogP contribution is 2.27. The van der Waals surface area contributed by atoms with E-state index >= 15 is 0 Å². The normalized spacial score (nSPS) is 10.5. The number of carbonyl (C=O) groups is 1. The fraction of sp³-hybridized carbons (Fsp3) is 0.316. The van der Waals surface area contributed by atoms with Crippen molar-refractivity contribution in [3.8, 4) is 5.75 Å². The van der Waals surface area contributed by atoms with Gasteiger partial charge >= 0.3 is 0 Å². The van der Waals surface area contributed by atoms with Gasteiger partial charge in [0.05, 0.1) is 23.1 Å². The third kappa shape index (κ3) is 5.77. The molecule has 2 rings (SSSR count). The number of hydrogen-bond donors (Lipinski definition) is 1. The summed E-state index contributed by atoms with van der Waals surface area (Å²) in [5, 5.41) is 3.47. The summed E-state index contributed by atoms with van der Waals surface area (Å²) in [7, 11) is 0. The van der Waals surface area contributed by atoms with Crippen LogP contribution >= 0.6 is 23.4 Å². The predicted octanol–water partition coefficient (Wildman–Crippen LogP) is 5.02. The lowest BCUT2D eigenvalue weighted by Gasteiger charge is -2.11. The number of anilines is 1. The molecule has 128 valence electrons. The summed E-state index contributed by atoms with van der Waals surface area (Å²) in [6.07, 6.45) is 0. The molecule has 0 fully saturated rings. The Kier molecular flexibility index (Phi) is 7.00. The van der Waals surface area contributed by atoms with Gasteiger partial charge in [0.2, 0.25) is 5.91 Å². The van der Waals surface area contributed by atoms with Gasteiger partial charge in [0.15, 0.2) is 0 Å². The number of ether oxygens (including phenoxy) is 1. The Morgan fingerprint density at radius 3 is 2.50 bits per heavy atom. The minimum atomic E-state index is -0.0517. The summed E-state index contributed by atoms with van der Waals surface area (Å²) >= 11 is 7.74. The fourth-order valence-corrected chi connectivity index (χ4v) is 3.24. The molecule has 0 unspecified atom stereocenters. The summed E-state index contributed by atoms with van der Waals surface area (Å²) in [4.78, 5) is 12.0. The topological polar surface area (TPSA) is 38.3 Å². The number of thioether (sulfide) groups is 1. The van der Waals surface area contributed by atoms with Crippen molar-refractivity contribution in [3.63, 3.8) is 0 Å². The Bertz CT molecular complexity index is 678. The summed E-state index contributed by atoms with van der Waals surface area (Å²) in [5.41, 5.74) is 3.96. The molecule has 0 spiro atoms. The largest absolute Gasteiger partial charge is 0.493 e. The minimum absolute atomic E-state index is 0.0517. The number of aryl methyl sites for hydroxylation is 3. The Morgan fingerprint density at radius 2 is 1.83 bits per heavy atom. The molecule has 0 radical (unpaired) electrons. The molecule has 0 aliphatic carbocycles. The van der Waals surface area contributed by atoms with Crippen molar-refractivity contribution in [1.29, 1.82) is 0 Å². The van der Waals surface area contributed by atoms with Gasteiger partial charge in [-0.15, -0.1) is 11.8 Å². The summed E-state index contributed by atoms with van der Waals surface area (Å²) < 4.78 is 5.64. The lowest BCUT2D eigenvalue weighted by Crippen LogP contribution is -2.16. The lowest BCUT2D eigenvalue weighted by atomic mass is 10.1. The van der Waals surface area contributed by atoms with Crippen LogP contribution in [0.4, 0.5) is 5.69 Å². The molecule has 3 nitrogen and oxygen atoms in total. The molecule has 0 saturated heterocycles. The molecule has 0 bridgehead atoms. The average Bonchev–Trinajstić information content (AvgIpc) is 2.52. The van der Waals surface area contributed by atoms with Gasteiger partial charge in [-0.25, -0.2) is 0 Å². The Labute approximate surface area is 152 Å². The second kappa shape index (κ2) is 9.00. The van der Waals surface area contributed by atoms with Crippen molar-refractivity contribution in [1.82, 2.24) is 0 Å². The van der Waals surface area contributed by atoms with Crippen LogP contribution in [0.1, 0.15) is 16.7 Å². The van der Waals surface area contributed by atoms with E-state index in [2.05, 4.69) is 5.32 Å². The van der Waals surface area contributed by atoms with E-state index < -0.39 is 0 Å². The van der Waals surface area contributed by atoms with E-state index in [4.69, 9.17) is 16.3 Å². The molecule has 1 amide bonds. The van der Waals surface area contributed by atoms with E-state index in [1.54, 1.807) is 0 Å². The van der Waals surface area contributed by atoms with E-state index in [0.717, 1.165) is 22.6 Å². The van der Waals surface area contributed by atoms with Crippen molar-refractivity contribution in [2.75, 3.05) is 23.4 Å². The highest BCUT2D eigenvalue weighted by molar-refractivity contribution is 7.99. The first-order valence-electron chi connectivity index (χ1n) is 7.79. The third-order valence-electron chi connectivity index (χ3n) is 3.45. The molecule has 0 atom stereocenters. The molecule has 0 aliphatic heterocycles. The number of benzene rings is 2. The molecule has 5 heteroatoms. The zero-order valence-corrected chi connectivity index (χ0v) is 15.8. The van der Waals surface area contributed by atoms with Crippen LogP contribution in [0.3, 0.4) is 0 Å². The fourth-order valence-electron chi connectivity index (χ4n) is 2.27. The number of halogens is 1. The SMILES string of the molecule is Cc1ccc(OCCSCC(=O)Nc2c(C)cc(C)cc2Cl)cc1. The molecular formula is C19H22ClNO2S. The van der Waals surface area contributed by atoms with Crippen molar-refractivity contribution in [2.24, 2.45) is 0 Å². The van der Waals surface area contributed by atoms with Gasteiger partial charge in [-0.2, -0.15) is 0 Å². The quantitative estimate of drug-likeness (QED) is 0.702. The zero-order valence-electron chi connectivity index (χ0n) is 14.2. The molecule has 0 heterocycles. The average molecular weight is 364 g/mol. The van der Waals surface area contributed by atoms with Gasteiger partial charge in [0, 0.05) is 5.75 Å². The van der Waals surface area contributed by atoms with Crippen LogP contribution < -0.4 is 10.1 Å². The first kappa shape index (κ1) is 18.7. The molecule has 0 saturated carbocycles. The Hall–Kier alpha value is -1.65. The van der Waals surface area contributed by atoms with Gasteiger partial charge in [0.25, 0.3) is 0 Å². The molecule has 1 N–H and O–H groups in total. The van der Waals surface area contributed by atoms with Crippen LogP contribution in [0.5, 0.6) is 5.75 Å². The maximum atomic E-state index is 12.0. The third-order valence-corrected chi connectivity index (χ3v) is 4.67. The molecular weight excluding hydrogens is 342 g/mol. The predicted molar refractivity (Wildman–Crippen MR) is 104 cm³/mol. The zero-order chi connectivity index (χ0) is 17.5. The highest BCUT2D eigenvalue weighted by atomic mass is 35.5. The van der Waals surface area contributed by atoms with Crippen molar-refractivity contribution in [2.45, 2.75) is 20.8 Å². The molecule has 0 aliphatic rings. The van der Waals surface area contributed by atoms with Gasteiger partial charge in [-0.3, -0.25) is 4.79 Å². The smallest absolute Gasteiger partial charge is 0.234 e. The minimum Gasteiger partial charge on any atom is -0.493 e. The molecule has 0 aromatic heterocycles. The van der Waals surface area contributed by atoms with Crippen molar-refractivity contribution >= 4 is 35.0 Å². The van der Waals surface area contributed by atoms with Gasteiger partial charge in [-0.1, -0.05) is 35.4 Å². The monoisotopic (exact) mass is 363 g/mol. The van der Waals surface area contributed by atoms with E-state index in [0.29, 0.717) is 23.1 Å². The van der Waals surface area contributed by atoms with Gasteiger partial charge < -0.3 is 10.1 Å². The lowest BCUT2D eigenvalue weighted by molar-refractivity contribution is -0.113. The van der Waals surface area contributed by atoms with E-state index in [1.165, 1.54) is 17.3 Å². The number of rotatable bonds is 7. The van der Waals surface area contributed by atoms with Gasteiger partial charge in [-0.05, 0) is 50.1 Å². The second-order valence-corrected chi connectivity index (χ2v) is 7.21. The van der Waals surface area contributed by atoms with Gasteiger partial charge in [0.1, 0.15) is 5.75 Å². The number of amides is 1. The second-order valence-electron chi connectivity index (χ2n) is 5.70. The van der Waals surface area contributed by atoms with Crippen molar-refractivity contribution in [3.05, 3.63) is 58.1 Å². The summed E-state index contributed by atoms with van der Waals surface area (Å²) in [6.45, 7) is 6.54. The number of nitrogens with one attached hydrogen (secondary N) is 1. The first-order chi connectivity index (χ1) is 11.5. The highest BCUT2D eigenvalue weighted by Gasteiger charge is 2.09. The van der Waals surface area contributed by atoms with Crippen LogP contribution in [-0.4, -0.2) is 24.0 Å². The van der Waals surface area contributed by atoms with Crippen molar-refractivity contribution < 1.29 is 9.53 Å². The molecule has 24 heavy (non-hydrogen) atoms. The number of hydrogen-bond acceptors (Lipinski definition) is 3. The van der Waals surface area contributed by atoms with Crippen LogP contribution in [-0.2, 0) is 4.79 Å². The van der Waals surface area contributed by atoms with E-state index in [9.17, 15) is 4.79 Å². The van der Waals surface area contributed by atoms with Crippen LogP contribution in [0.2, 0.25) is 5.02 Å². The van der Waals surface area contributed by atoms with Crippen LogP contribution in [0.15, 0.2) is 36.4 Å².